The van der Waals surface area contributed by atoms with Crippen molar-refractivity contribution in [2.24, 2.45) is 0 Å². The summed E-state index contributed by atoms with van der Waals surface area (Å²) in [7, 11) is 0. The molecular weight excluding hydrogens is 589 g/mol. The second kappa shape index (κ2) is 11.0. The number of nitrogens with zero attached hydrogens (tertiary/aromatic N) is 5. The standard InChI is InChI=1S/C32H31ClFN5O3S/c1-6-22(41)37-14-19-15-43-30-24-29(26(34)23(25(30)33)20-9-7-8-10-21(20)40)39(28-17(4)11-12-35-27(28)16(2)3)32(42)36-31(24)38(19)13-18(37)5/h6-12,16,18-19,40H,1,13-15H2,2-5H3. The Labute approximate surface area is 257 Å². The summed E-state index contributed by atoms with van der Waals surface area (Å²) < 4.78 is 18.6. The number of piperazine rings is 1. The molecule has 0 aliphatic carbocycles. The van der Waals surface area contributed by atoms with Crippen LogP contribution < -0.4 is 10.6 Å². The molecule has 0 bridgehead atoms. The number of thioether (sulfide) groups is 1. The summed E-state index contributed by atoms with van der Waals surface area (Å²) in [5.74, 6) is -0.293. The number of pyridine rings is 1. The van der Waals surface area contributed by atoms with Gasteiger partial charge in [-0.05, 0) is 43.5 Å². The van der Waals surface area contributed by atoms with Gasteiger partial charge < -0.3 is 14.9 Å². The zero-order valence-electron chi connectivity index (χ0n) is 24.3. The average molecular weight is 620 g/mol. The third-order valence-corrected chi connectivity index (χ3v) is 9.98. The van der Waals surface area contributed by atoms with Crippen LogP contribution in [0, 0.1) is 12.7 Å². The molecule has 2 aliphatic heterocycles. The lowest BCUT2D eigenvalue weighted by Crippen LogP contribution is -2.60. The normalized spacial score (nSPS) is 18.1. The van der Waals surface area contributed by atoms with Gasteiger partial charge in [-0.2, -0.15) is 4.98 Å². The van der Waals surface area contributed by atoms with Gasteiger partial charge in [-0.25, -0.2) is 9.18 Å². The van der Waals surface area contributed by atoms with E-state index in [-0.39, 0.29) is 51.3 Å². The predicted octanol–water partition coefficient (Wildman–Crippen LogP) is 6.08. The van der Waals surface area contributed by atoms with Crippen LogP contribution in [0.3, 0.4) is 0 Å². The number of anilines is 1. The SMILES string of the molecule is C=CC(=O)N1CC2CSc3c(Cl)c(-c4ccccc4O)c(F)c4c3c(nc(=O)n4-c3c(C)ccnc3C(C)C)N2CC1C. The molecule has 11 heteroatoms. The number of hydrogen-bond donors (Lipinski definition) is 1. The van der Waals surface area contributed by atoms with Gasteiger partial charge >= 0.3 is 5.69 Å². The highest BCUT2D eigenvalue weighted by atomic mass is 35.5. The summed E-state index contributed by atoms with van der Waals surface area (Å²) in [5, 5.41) is 11.3. The number of carbonyl (C=O) groups excluding carboxylic acids is 1. The molecule has 43 heavy (non-hydrogen) atoms. The van der Waals surface area contributed by atoms with E-state index in [4.69, 9.17) is 11.6 Å². The molecule has 0 spiro atoms. The van der Waals surface area contributed by atoms with Gasteiger partial charge in [0.05, 0.1) is 33.3 Å². The summed E-state index contributed by atoms with van der Waals surface area (Å²) in [6.07, 6.45) is 2.98. The van der Waals surface area contributed by atoms with Crippen LogP contribution in [-0.4, -0.2) is 61.4 Å². The largest absolute Gasteiger partial charge is 0.507 e. The van der Waals surface area contributed by atoms with Gasteiger partial charge in [0, 0.05) is 47.1 Å². The maximum absolute atomic E-state index is 17.3. The Bertz CT molecular complexity index is 1880. The van der Waals surface area contributed by atoms with Gasteiger partial charge in [-0.3, -0.25) is 14.3 Å². The minimum atomic E-state index is -0.739. The molecule has 2 aliphatic rings. The molecule has 6 rings (SSSR count). The van der Waals surface area contributed by atoms with Gasteiger partial charge in [0.15, 0.2) is 5.82 Å². The lowest BCUT2D eigenvalue weighted by Gasteiger charge is -2.45. The Kier molecular flexibility index (Phi) is 7.46. The Morgan fingerprint density at radius 3 is 2.70 bits per heavy atom. The molecule has 8 nitrogen and oxygen atoms in total. The molecule has 2 aromatic carbocycles. The van der Waals surface area contributed by atoms with Crippen molar-refractivity contribution in [3.05, 3.63) is 81.8 Å². The van der Waals surface area contributed by atoms with Crippen LogP contribution in [0.4, 0.5) is 10.2 Å². The van der Waals surface area contributed by atoms with Crippen molar-refractivity contribution in [3.63, 3.8) is 0 Å². The number of para-hydroxylation sites is 1. The van der Waals surface area contributed by atoms with Gasteiger partial charge in [-0.15, -0.1) is 11.8 Å². The van der Waals surface area contributed by atoms with Crippen LogP contribution in [0.1, 0.15) is 37.9 Å². The Morgan fingerprint density at radius 2 is 2.00 bits per heavy atom. The van der Waals surface area contributed by atoms with Crippen LogP contribution in [0.2, 0.25) is 5.02 Å². The van der Waals surface area contributed by atoms with Crippen molar-refractivity contribution in [2.45, 2.75) is 50.6 Å². The quantitative estimate of drug-likeness (QED) is 0.277. The highest BCUT2D eigenvalue weighted by Crippen LogP contribution is 2.50. The van der Waals surface area contributed by atoms with Crippen molar-refractivity contribution in [1.82, 2.24) is 19.4 Å². The van der Waals surface area contributed by atoms with Gasteiger partial charge in [0.1, 0.15) is 11.6 Å². The van der Waals surface area contributed by atoms with Gasteiger partial charge in [0.2, 0.25) is 5.91 Å². The molecule has 1 saturated heterocycles. The van der Waals surface area contributed by atoms with E-state index in [9.17, 15) is 14.7 Å². The second-order valence-electron chi connectivity index (χ2n) is 11.3. The number of aryl methyl sites for hydroxylation is 1. The molecule has 1 fully saturated rings. The molecule has 222 valence electrons. The molecule has 1 N–H and O–H groups in total. The predicted molar refractivity (Wildman–Crippen MR) is 169 cm³/mol. The fraction of sp³-hybridized carbons (Fsp3) is 0.312. The molecule has 2 atom stereocenters. The first kappa shape index (κ1) is 29.2. The maximum Gasteiger partial charge on any atom is 0.354 e. The van der Waals surface area contributed by atoms with Crippen molar-refractivity contribution in [2.75, 3.05) is 23.7 Å². The molecule has 4 aromatic rings. The molecule has 1 amide bonds. The third kappa shape index (κ3) is 4.58. The molecule has 0 saturated carbocycles. The number of rotatable bonds is 4. The lowest BCUT2D eigenvalue weighted by atomic mass is 9.99. The topological polar surface area (TPSA) is 91.6 Å². The van der Waals surface area contributed by atoms with Gasteiger partial charge in [-0.1, -0.05) is 50.2 Å². The van der Waals surface area contributed by atoms with Crippen molar-refractivity contribution < 1.29 is 14.3 Å². The van der Waals surface area contributed by atoms with E-state index >= 15 is 4.39 Å². The number of phenols is 1. The molecule has 2 unspecified atom stereocenters. The number of halogens is 2. The smallest absolute Gasteiger partial charge is 0.354 e. The lowest BCUT2D eigenvalue weighted by molar-refractivity contribution is -0.128. The summed E-state index contributed by atoms with van der Waals surface area (Å²) in [6, 6.07) is 7.77. The fourth-order valence-electron chi connectivity index (χ4n) is 6.17. The van der Waals surface area contributed by atoms with E-state index in [1.165, 1.54) is 28.5 Å². The van der Waals surface area contributed by atoms with Crippen LogP contribution in [0.5, 0.6) is 5.75 Å². The first-order valence-corrected chi connectivity index (χ1v) is 15.5. The molecule has 4 heterocycles. The minimum absolute atomic E-state index is 0.00408. The third-order valence-electron chi connectivity index (χ3n) is 8.24. The van der Waals surface area contributed by atoms with Crippen LogP contribution in [0.25, 0.3) is 27.7 Å². The Morgan fingerprint density at radius 1 is 1.26 bits per heavy atom. The Hall–Kier alpha value is -3.89. The number of phenolic OH excluding ortho intramolecular Hbond substituents is 1. The first-order chi connectivity index (χ1) is 20.5. The molecule has 2 aromatic heterocycles. The van der Waals surface area contributed by atoms with Crippen molar-refractivity contribution in [1.29, 1.82) is 0 Å². The van der Waals surface area contributed by atoms with E-state index in [2.05, 4.69) is 16.5 Å². The van der Waals surface area contributed by atoms with Crippen molar-refractivity contribution >= 4 is 46.0 Å². The van der Waals surface area contributed by atoms with Crippen LogP contribution in [0.15, 0.2) is 58.9 Å². The molecule has 0 radical (unpaired) electrons. The second-order valence-corrected chi connectivity index (χ2v) is 12.7. The summed E-state index contributed by atoms with van der Waals surface area (Å²) in [6.45, 7) is 12.1. The summed E-state index contributed by atoms with van der Waals surface area (Å²) in [4.78, 5) is 40.4. The summed E-state index contributed by atoms with van der Waals surface area (Å²) in [5.41, 5.74) is 1.43. The number of hydrogen-bond acceptors (Lipinski definition) is 7. The number of amides is 1. The molecular formula is C32H31ClFN5O3S. The van der Waals surface area contributed by atoms with Crippen LogP contribution >= 0.6 is 23.4 Å². The van der Waals surface area contributed by atoms with Crippen molar-refractivity contribution in [3.8, 4) is 22.6 Å². The number of aromatic nitrogens is 3. The van der Waals surface area contributed by atoms with E-state index in [1.54, 1.807) is 35.4 Å². The summed E-state index contributed by atoms with van der Waals surface area (Å²) >= 11 is 8.49. The van der Waals surface area contributed by atoms with E-state index < -0.39 is 11.5 Å². The number of carbonyl (C=O) groups is 1. The Balaban J connectivity index is 1.75. The number of fused-ring (bicyclic) bond motifs is 2. The van der Waals surface area contributed by atoms with Crippen LogP contribution in [-0.2, 0) is 4.79 Å². The highest BCUT2D eigenvalue weighted by molar-refractivity contribution is 7.99. The fourth-order valence-corrected chi connectivity index (χ4v) is 7.81. The van der Waals surface area contributed by atoms with E-state index in [0.717, 1.165) is 5.56 Å². The average Bonchev–Trinajstić information content (AvgIpc) is 3.12. The van der Waals surface area contributed by atoms with E-state index in [0.29, 0.717) is 46.3 Å². The van der Waals surface area contributed by atoms with E-state index in [1.807, 2.05) is 32.6 Å². The minimum Gasteiger partial charge on any atom is -0.507 e. The number of aromatic hydroxyl groups is 1. The first-order valence-electron chi connectivity index (χ1n) is 14.1. The zero-order valence-corrected chi connectivity index (χ0v) is 25.8. The van der Waals surface area contributed by atoms with Gasteiger partial charge in [0.25, 0.3) is 0 Å². The zero-order chi connectivity index (χ0) is 30.7. The maximum atomic E-state index is 17.3. The number of benzene rings is 2. The monoisotopic (exact) mass is 619 g/mol. The highest BCUT2D eigenvalue weighted by Gasteiger charge is 2.40.